The highest BCUT2D eigenvalue weighted by atomic mass is 16.5. The summed E-state index contributed by atoms with van der Waals surface area (Å²) in [5.74, 6) is 0.652. The Bertz CT molecular complexity index is 612. The zero-order valence-corrected chi connectivity index (χ0v) is 16.5. The number of hydrogen-bond donors (Lipinski definition) is 2. The van der Waals surface area contributed by atoms with E-state index in [1.54, 1.807) is 25.3 Å². The molecule has 2 rings (SSSR count). The van der Waals surface area contributed by atoms with Crippen LogP contribution in [0, 0.1) is 5.92 Å². The first-order valence-electron chi connectivity index (χ1n) is 10.1. The van der Waals surface area contributed by atoms with Crippen LogP contribution in [0.5, 0.6) is 11.5 Å². The van der Waals surface area contributed by atoms with Crippen LogP contribution in [0.25, 0.3) is 0 Å². The molecule has 0 radical (unpaired) electrons. The van der Waals surface area contributed by atoms with Gasteiger partial charge in [-0.25, -0.2) is 0 Å². The van der Waals surface area contributed by atoms with Crippen LogP contribution in [0.4, 0.5) is 0 Å². The molecule has 0 spiro atoms. The number of nitrogens with one attached hydrogen (secondary N) is 2. The van der Waals surface area contributed by atoms with Crippen LogP contribution in [-0.4, -0.2) is 25.5 Å². The van der Waals surface area contributed by atoms with E-state index in [-0.39, 0.29) is 17.7 Å². The largest absolute Gasteiger partial charge is 0.493 e. The minimum atomic E-state index is -0.369. The van der Waals surface area contributed by atoms with E-state index in [0.717, 1.165) is 38.5 Å². The molecule has 1 fully saturated rings. The van der Waals surface area contributed by atoms with Gasteiger partial charge in [-0.2, -0.15) is 0 Å². The highest BCUT2D eigenvalue weighted by Crippen LogP contribution is 2.28. The number of unbranched alkanes of at least 4 members (excludes halogenated alkanes) is 3. The van der Waals surface area contributed by atoms with Crippen LogP contribution in [0.3, 0.4) is 0 Å². The lowest BCUT2D eigenvalue weighted by Crippen LogP contribution is -2.44. The van der Waals surface area contributed by atoms with Crippen LogP contribution in [-0.2, 0) is 4.79 Å². The highest BCUT2D eigenvalue weighted by molar-refractivity contribution is 5.96. The number of carbonyl (C=O) groups excluding carboxylic acids is 2. The molecule has 2 N–H and O–H groups in total. The van der Waals surface area contributed by atoms with Gasteiger partial charge in [-0.3, -0.25) is 20.4 Å². The number of methoxy groups -OCH3 is 1. The van der Waals surface area contributed by atoms with Crippen LogP contribution >= 0.6 is 0 Å². The van der Waals surface area contributed by atoms with E-state index < -0.39 is 0 Å². The minimum Gasteiger partial charge on any atom is -0.493 e. The number of hydrazine groups is 1. The van der Waals surface area contributed by atoms with Crippen LogP contribution in [0.2, 0.25) is 0 Å². The fraction of sp³-hybridized carbons (Fsp3) is 0.619. The fourth-order valence-corrected chi connectivity index (χ4v) is 3.30. The topological polar surface area (TPSA) is 76.7 Å². The molecule has 27 heavy (non-hydrogen) atoms. The minimum absolute atomic E-state index is 0.00271. The Morgan fingerprint density at radius 1 is 1.04 bits per heavy atom. The van der Waals surface area contributed by atoms with Gasteiger partial charge in [0.25, 0.3) is 5.91 Å². The van der Waals surface area contributed by atoms with Crippen molar-refractivity contribution < 1.29 is 19.1 Å². The average molecular weight is 376 g/mol. The Balaban J connectivity index is 1.85. The smallest absolute Gasteiger partial charge is 0.269 e. The Kier molecular flexibility index (Phi) is 8.95. The normalized spacial score (nSPS) is 14.4. The molecule has 1 aliphatic carbocycles. The first-order valence-corrected chi connectivity index (χ1v) is 10.1. The van der Waals surface area contributed by atoms with Crippen molar-refractivity contribution in [3.8, 4) is 11.5 Å². The van der Waals surface area contributed by atoms with E-state index in [1.165, 1.54) is 19.3 Å². The van der Waals surface area contributed by atoms with E-state index >= 15 is 0 Å². The molecule has 0 aromatic heterocycles. The number of benzene rings is 1. The van der Waals surface area contributed by atoms with Crippen molar-refractivity contribution in [2.45, 2.75) is 64.7 Å². The molecule has 6 heteroatoms. The molecule has 0 aliphatic heterocycles. The zero-order valence-electron chi connectivity index (χ0n) is 16.5. The van der Waals surface area contributed by atoms with E-state index in [1.807, 2.05) is 0 Å². The molecule has 1 aliphatic rings. The molecule has 1 aromatic carbocycles. The van der Waals surface area contributed by atoms with Crippen molar-refractivity contribution in [2.75, 3.05) is 13.7 Å². The van der Waals surface area contributed by atoms with Crippen LogP contribution < -0.4 is 20.3 Å². The third-order valence-electron chi connectivity index (χ3n) is 4.96. The van der Waals surface area contributed by atoms with Crippen molar-refractivity contribution in [2.24, 2.45) is 5.92 Å². The van der Waals surface area contributed by atoms with Crippen molar-refractivity contribution in [1.29, 1.82) is 0 Å². The molecule has 1 aromatic rings. The predicted octanol–water partition coefficient (Wildman–Crippen LogP) is 4.00. The maximum absolute atomic E-state index is 12.3. The summed E-state index contributed by atoms with van der Waals surface area (Å²) in [6.45, 7) is 2.80. The monoisotopic (exact) mass is 376 g/mol. The van der Waals surface area contributed by atoms with Crippen molar-refractivity contribution >= 4 is 11.8 Å². The Morgan fingerprint density at radius 3 is 2.52 bits per heavy atom. The third kappa shape index (κ3) is 6.77. The molecule has 0 bridgehead atoms. The molecular formula is C21H32N2O4. The maximum atomic E-state index is 12.3. The van der Waals surface area contributed by atoms with Gasteiger partial charge < -0.3 is 9.47 Å². The van der Waals surface area contributed by atoms with Crippen LogP contribution in [0.1, 0.15) is 75.1 Å². The Labute approximate surface area is 162 Å². The van der Waals surface area contributed by atoms with Gasteiger partial charge in [-0.1, -0.05) is 45.4 Å². The molecule has 150 valence electrons. The highest BCUT2D eigenvalue weighted by Gasteiger charge is 2.21. The van der Waals surface area contributed by atoms with Gasteiger partial charge in [0.1, 0.15) is 0 Å². The zero-order chi connectivity index (χ0) is 19.5. The molecule has 0 atom stereocenters. The second-order valence-electron chi connectivity index (χ2n) is 7.05. The second-order valence-corrected chi connectivity index (χ2v) is 7.05. The molecule has 2 amide bonds. The summed E-state index contributed by atoms with van der Waals surface area (Å²) in [6, 6.07) is 5.03. The first kappa shape index (κ1) is 21.1. The van der Waals surface area contributed by atoms with E-state index in [0.29, 0.717) is 23.7 Å². The van der Waals surface area contributed by atoms with Crippen molar-refractivity contribution in [1.82, 2.24) is 10.9 Å². The number of carbonyl (C=O) groups is 2. The molecule has 6 nitrogen and oxygen atoms in total. The summed E-state index contributed by atoms with van der Waals surface area (Å²) in [4.78, 5) is 24.5. The quantitative estimate of drug-likeness (QED) is 0.504. The molecule has 0 saturated heterocycles. The fourth-order valence-electron chi connectivity index (χ4n) is 3.30. The van der Waals surface area contributed by atoms with Gasteiger partial charge >= 0.3 is 0 Å². The number of ether oxygens (including phenoxy) is 2. The summed E-state index contributed by atoms with van der Waals surface area (Å²) >= 11 is 0. The molecule has 0 heterocycles. The lowest BCUT2D eigenvalue weighted by Gasteiger charge is -2.20. The number of amides is 2. The van der Waals surface area contributed by atoms with E-state index in [4.69, 9.17) is 9.47 Å². The molecular weight excluding hydrogens is 344 g/mol. The predicted molar refractivity (Wildman–Crippen MR) is 105 cm³/mol. The summed E-state index contributed by atoms with van der Waals surface area (Å²) in [5.41, 5.74) is 5.46. The molecule has 0 unspecified atom stereocenters. The van der Waals surface area contributed by atoms with Gasteiger partial charge in [-0.15, -0.1) is 0 Å². The Morgan fingerprint density at radius 2 is 1.81 bits per heavy atom. The standard InChI is InChI=1S/C21H32N2O4/c1-3-4-5-9-14-27-18-13-12-17(15-19(18)26-2)21(25)23-22-20(24)16-10-7-6-8-11-16/h12-13,15-16H,3-11,14H2,1-2H3,(H,22,24)(H,23,25). The van der Waals surface area contributed by atoms with E-state index in [9.17, 15) is 9.59 Å². The lowest BCUT2D eigenvalue weighted by atomic mass is 9.89. The summed E-state index contributed by atoms with van der Waals surface area (Å²) < 4.78 is 11.1. The van der Waals surface area contributed by atoms with Crippen LogP contribution in [0.15, 0.2) is 18.2 Å². The summed E-state index contributed by atoms with van der Waals surface area (Å²) in [6.07, 6.45) is 9.62. The third-order valence-corrected chi connectivity index (χ3v) is 4.96. The SMILES string of the molecule is CCCCCCOc1ccc(C(=O)NNC(=O)C2CCCCC2)cc1OC. The van der Waals surface area contributed by atoms with Crippen molar-refractivity contribution in [3.63, 3.8) is 0 Å². The molecule has 1 saturated carbocycles. The summed E-state index contributed by atoms with van der Waals surface area (Å²) in [5, 5.41) is 0. The Hall–Kier alpha value is -2.24. The van der Waals surface area contributed by atoms with Gasteiger partial charge in [0.2, 0.25) is 5.91 Å². The summed E-state index contributed by atoms with van der Waals surface area (Å²) in [7, 11) is 1.55. The number of hydrogen-bond acceptors (Lipinski definition) is 4. The second kappa shape index (κ2) is 11.5. The number of rotatable bonds is 9. The lowest BCUT2D eigenvalue weighted by molar-refractivity contribution is -0.126. The maximum Gasteiger partial charge on any atom is 0.269 e. The van der Waals surface area contributed by atoms with Gasteiger partial charge in [0, 0.05) is 11.5 Å². The van der Waals surface area contributed by atoms with Crippen molar-refractivity contribution in [3.05, 3.63) is 23.8 Å². The van der Waals surface area contributed by atoms with E-state index in [2.05, 4.69) is 17.8 Å². The first-order chi connectivity index (χ1) is 13.2. The van der Waals surface area contributed by atoms with Gasteiger partial charge in [-0.05, 0) is 37.5 Å². The van der Waals surface area contributed by atoms with Gasteiger partial charge in [0.05, 0.1) is 13.7 Å². The average Bonchev–Trinajstić information content (AvgIpc) is 2.72. The van der Waals surface area contributed by atoms with Gasteiger partial charge in [0.15, 0.2) is 11.5 Å².